The lowest BCUT2D eigenvalue weighted by atomic mass is 10.0. The SMILES string of the molecule is CC[C@@H](NC(=O)C1CCCC1)c1ccc(OC)c(OC)c1. The third kappa shape index (κ3) is 3.69. The first-order valence-corrected chi connectivity index (χ1v) is 7.71. The fraction of sp³-hybridized carbons (Fsp3) is 0.588. The Morgan fingerprint density at radius 2 is 1.90 bits per heavy atom. The molecule has 1 saturated carbocycles. The summed E-state index contributed by atoms with van der Waals surface area (Å²) in [6.45, 7) is 2.08. The summed E-state index contributed by atoms with van der Waals surface area (Å²) >= 11 is 0. The van der Waals surface area contributed by atoms with E-state index in [1.807, 2.05) is 18.2 Å². The van der Waals surface area contributed by atoms with Crippen molar-refractivity contribution in [2.24, 2.45) is 5.92 Å². The maximum absolute atomic E-state index is 12.3. The number of carbonyl (C=O) groups excluding carboxylic acids is 1. The molecule has 4 heteroatoms. The first-order chi connectivity index (χ1) is 10.2. The second-order valence-electron chi connectivity index (χ2n) is 5.57. The normalized spacial score (nSPS) is 16.5. The van der Waals surface area contributed by atoms with Gasteiger partial charge in [0.25, 0.3) is 0 Å². The summed E-state index contributed by atoms with van der Waals surface area (Å²) in [6, 6.07) is 5.85. The number of hydrogen-bond donors (Lipinski definition) is 1. The number of benzene rings is 1. The van der Waals surface area contributed by atoms with Gasteiger partial charge in [-0.1, -0.05) is 25.8 Å². The Morgan fingerprint density at radius 3 is 2.48 bits per heavy atom. The van der Waals surface area contributed by atoms with Crippen LogP contribution in [0.2, 0.25) is 0 Å². The van der Waals surface area contributed by atoms with Gasteiger partial charge in [0.2, 0.25) is 5.91 Å². The average Bonchev–Trinajstić information content (AvgIpc) is 3.06. The van der Waals surface area contributed by atoms with E-state index in [9.17, 15) is 4.79 Å². The van der Waals surface area contributed by atoms with Gasteiger partial charge in [-0.3, -0.25) is 4.79 Å². The fourth-order valence-electron chi connectivity index (χ4n) is 2.97. The lowest BCUT2D eigenvalue weighted by Gasteiger charge is -2.21. The topological polar surface area (TPSA) is 47.6 Å². The quantitative estimate of drug-likeness (QED) is 0.873. The molecule has 1 aliphatic rings. The summed E-state index contributed by atoms with van der Waals surface area (Å²) in [5, 5.41) is 3.18. The highest BCUT2D eigenvalue weighted by atomic mass is 16.5. The molecule has 1 N–H and O–H groups in total. The van der Waals surface area contributed by atoms with Gasteiger partial charge < -0.3 is 14.8 Å². The highest BCUT2D eigenvalue weighted by Crippen LogP contribution is 2.31. The molecule has 0 heterocycles. The lowest BCUT2D eigenvalue weighted by molar-refractivity contribution is -0.125. The minimum Gasteiger partial charge on any atom is -0.493 e. The molecular weight excluding hydrogens is 266 g/mol. The van der Waals surface area contributed by atoms with E-state index in [1.54, 1.807) is 14.2 Å². The van der Waals surface area contributed by atoms with Gasteiger partial charge in [-0.2, -0.15) is 0 Å². The van der Waals surface area contributed by atoms with E-state index in [-0.39, 0.29) is 17.9 Å². The van der Waals surface area contributed by atoms with E-state index >= 15 is 0 Å². The average molecular weight is 291 g/mol. The monoisotopic (exact) mass is 291 g/mol. The van der Waals surface area contributed by atoms with E-state index in [4.69, 9.17) is 9.47 Å². The van der Waals surface area contributed by atoms with Gasteiger partial charge >= 0.3 is 0 Å². The molecule has 0 aromatic heterocycles. The smallest absolute Gasteiger partial charge is 0.223 e. The summed E-state index contributed by atoms with van der Waals surface area (Å²) in [7, 11) is 3.25. The molecule has 1 atom stereocenters. The van der Waals surface area contributed by atoms with Crippen LogP contribution in [0.3, 0.4) is 0 Å². The highest BCUT2D eigenvalue weighted by Gasteiger charge is 2.25. The minimum atomic E-state index is 0.0258. The molecule has 116 valence electrons. The molecule has 0 aliphatic heterocycles. The third-order valence-corrected chi connectivity index (χ3v) is 4.26. The van der Waals surface area contributed by atoms with Crippen LogP contribution in [0.1, 0.15) is 50.6 Å². The van der Waals surface area contributed by atoms with Gasteiger partial charge in [0.1, 0.15) is 0 Å². The molecule has 21 heavy (non-hydrogen) atoms. The number of rotatable bonds is 6. The Labute approximate surface area is 126 Å². The first kappa shape index (κ1) is 15.7. The van der Waals surface area contributed by atoms with Crippen LogP contribution in [-0.2, 0) is 4.79 Å². The first-order valence-electron chi connectivity index (χ1n) is 7.71. The molecule has 0 bridgehead atoms. The Kier molecular flexibility index (Phi) is 5.48. The van der Waals surface area contributed by atoms with E-state index in [1.165, 1.54) is 12.8 Å². The molecule has 1 aromatic carbocycles. The summed E-state index contributed by atoms with van der Waals surface area (Å²) in [4.78, 5) is 12.3. The standard InChI is InChI=1S/C17H25NO3/c1-4-14(18-17(19)12-7-5-6-8-12)13-9-10-15(20-2)16(11-13)21-3/h9-12,14H,4-8H2,1-3H3,(H,18,19)/t14-/m1/s1. The molecule has 1 amide bonds. The zero-order chi connectivity index (χ0) is 15.2. The Bertz CT molecular complexity index is 481. The van der Waals surface area contributed by atoms with Gasteiger partial charge in [-0.25, -0.2) is 0 Å². The maximum atomic E-state index is 12.3. The number of methoxy groups -OCH3 is 2. The Hall–Kier alpha value is -1.71. The van der Waals surface area contributed by atoms with Crippen LogP contribution in [0.25, 0.3) is 0 Å². The molecule has 0 radical (unpaired) electrons. The molecule has 1 fully saturated rings. The van der Waals surface area contributed by atoms with Crippen LogP contribution >= 0.6 is 0 Å². The van der Waals surface area contributed by atoms with Crippen LogP contribution in [0.5, 0.6) is 11.5 Å². The predicted molar refractivity (Wildman–Crippen MR) is 82.7 cm³/mol. The number of nitrogens with one attached hydrogen (secondary N) is 1. The van der Waals surface area contributed by atoms with Crippen LogP contribution in [-0.4, -0.2) is 20.1 Å². The van der Waals surface area contributed by atoms with Gasteiger partial charge in [0.05, 0.1) is 20.3 Å². The van der Waals surface area contributed by atoms with Crippen LogP contribution in [0.4, 0.5) is 0 Å². The van der Waals surface area contributed by atoms with Gasteiger partial charge in [-0.15, -0.1) is 0 Å². The second kappa shape index (κ2) is 7.34. The van der Waals surface area contributed by atoms with Crippen molar-refractivity contribution < 1.29 is 14.3 Å². The largest absolute Gasteiger partial charge is 0.493 e. The summed E-state index contributed by atoms with van der Waals surface area (Å²) in [5.41, 5.74) is 1.06. The van der Waals surface area contributed by atoms with Crippen LogP contribution < -0.4 is 14.8 Å². The number of ether oxygens (including phenoxy) is 2. The van der Waals surface area contributed by atoms with Crippen molar-refractivity contribution in [1.82, 2.24) is 5.32 Å². The van der Waals surface area contributed by atoms with E-state index < -0.39 is 0 Å². The van der Waals surface area contributed by atoms with Crippen molar-refractivity contribution in [3.05, 3.63) is 23.8 Å². The van der Waals surface area contributed by atoms with Crippen molar-refractivity contribution in [3.63, 3.8) is 0 Å². The van der Waals surface area contributed by atoms with E-state index in [0.29, 0.717) is 11.5 Å². The zero-order valence-electron chi connectivity index (χ0n) is 13.1. The molecule has 2 rings (SSSR count). The second-order valence-corrected chi connectivity index (χ2v) is 5.57. The fourth-order valence-corrected chi connectivity index (χ4v) is 2.97. The molecule has 1 aromatic rings. The van der Waals surface area contributed by atoms with Crippen molar-refractivity contribution in [2.75, 3.05) is 14.2 Å². The summed E-state index contributed by atoms with van der Waals surface area (Å²) < 4.78 is 10.6. The van der Waals surface area contributed by atoms with Crippen LogP contribution in [0, 0.1) is 5.92 Å². The van der Waals surface area contributed by atoms with Gasteiger partial charge in [-0.05, 0) is 37.0 Å². The summed E-state index contributed by atoms with van der Waals surface area (Å²) in [5.74, 6) is 1.79. The zero-order valence-corrected chi connectivity index (χ0v) is 13.1. The van der Waals surface area contributed by atoms with Gasteiger partial charge in [0.15, 0.2) is 11.5 Å². The van der Waals surface area contributed by atoms with E-state index in [2.05, 4.69) is 12.2 Å². The van der Waals surface area contributed by atoms with Crippen molar-refractivity contribution in [3.8, 4) is 11.5 Å². The minimum absolute atomic E-state index is 0.0258. The molecule has 0 spiro atoms. The number of amides is 1. The van der Waals surface area contributed by atoms with E-state index in [0.717, 1.165) is 24.8 Å². The molecule has 1 aliphatic carbocycles. The van der Waals surface area contributed by atoms with Crippen molar-refractivity contribution in [2.45, 2.75) is 45.1 Å². The highest BCUT2D eigenvalue weighted by molar-refractivity contribution is 5.79. The van der Waals surface area contributed by atoms with Crippen LogP contribution in [0.15, 0.2) is 18.2 Å². The number of hydrogen-bond acceptors (Lipinski definition) is 3. The Balaban J connectivity index is 2.11. The predicted octanol–water partition coefficient (Wildman–Crippen LogP) is 3.46. The maximum Gasteiger partial charge on any atom is 0.223 e. The number of carbonyl (C=O) groups is 1. The summed E-state index contributed by atoms with van der Waals surface area (Å²) in [6.07, 6.45) is 5.24. The lowest BCUT2D eigenvalue weighted by Crippen LogP contribution is -2.32. The third-order valence-electron chi connectivity index (χ3n) is 4.26. The Morgan fingerprint density at radius 1 is 1.24 bits per heavy atom. The molecule has 4 nitrogen and oxygen atoms in total. The van der Waals surface area contributed by atoms with Gasteiger partial charge in [0, 0.05) is 5.92 Å². The molecule has 0 unspecified atom stereocenters. The van der Waals surface area contributed by atoms with Crippen molar-refractivity contribution in [1.29, 1.82) is 0 Å². The van der Waals surface area contributed by atoms with Crippen molar-refractivity contribution >= 4 is 5.91 Å². The molecular formula is C17H25NO3. The molecule has 0 saturated heterocycles.